The van der Waals surface area contributed by atoms with Crippen LogP contribution in [0.25, 0.3) is 11.3 Å². The van der Waals surface area contributed by atoms with Gasteiger partial charge in [0.1, 0.15) is 6.54 Å². The number of anilines is 1. The molecule has 0 aromatic heterocycles. The van der Waals surface area contributed by atoms with Crippen LogP contribution >= 0.6 is 0 Å². The fourth-order valence-corrected chi connectivity index (χ4v) is 2.43. The smallest absolute Gasteiger partial charge is 0.234 e. The predicted molar refractivity (Wildman–Crippen MR) is 86.0 cm³/mol. The van der Waals surface area contributed by atoms with Crippen molar-refractivity contribution >= 4 is 5.69 Å². The van der Waals surface area contributed by atoms with E-state index < -0.39 is 0 Å². The van der Waals surface area contributed by atoms with E-state index in [9.17, 15) is 15.6 Å². The van der Waals surface area contributed by atoms with Crippen molar-refractivity contribution in [3.63, 3.8) is 0 Å². The largest absolute Gasteiger partial charge is 0.612 e. The van der Waals surface area contributed by atoms with Crippen LogP contribution in [-0.4, -0.2) is 42.0 Å². The van der Waals surface area contributed by atoms with Crippen LogP contribution in [0.5, 0.6) is 0 Å². The van der Waals surface area contributed by atoms with Gasteiger partial charge in [-0.2, -0.15) is 9.55 Å². The quantitative estimate of drug-likeness (QED) is 0.442. The number of aryl methyl sites for hydroxylation is 1. The first-order valence-electron chi connectivity index (χ1n) is 7.17. The van der Waals surface area contributed by atoms with Gasteiger partial charge in [-0.25, -0.2) is 5.21 Å². The summed E-state index contributed by atoms with van der Waals surface area (Å²) in [6, 6.07) is 5.07. The minimum Gasteiger partial charge on any atom is -0.612 e. The molecule has 0 unspecified atom stereocenters. The molecule has 3 N–H and O–H groups in total. The number of hydroxylamine groups is 3. The van der Waals surface area contributed by atoms with E-state index in [2.05, 4.69) is 10.3 Å². The Bertz CT molecular complexity index is 684. The van der Waals surface area contributed by atoms with Crippen molar-refractivity contribution in [2.45, 2.75) is 13.3 Å². The van der Waals surface area contributed by atoms with E-state index in [1.54, 1.807) is 32.4 Å². The van der Waals surface area contributed by atoms with Gasteiger partial charge in [0, 0.05) is 25.2 Å². The Labute approximate surface area is 129 Å². The van der Waals surface area contributed by atoms with Crippen LogP contribution in [0.4, 0.5) is 5.69 Å². The lowest BCUT2D eigenvalue weighted by atomic mass is 10.0. The van der Waals surface area contributed by atoms with Gasteiger partial charge in [0.05, 0.1) is 31.0 Å². The summed E-state index contributed by atoms with van der Waals surface area (Å²) < 4.78 is -0.0930. The van der Waals surface area contributed by atoms with Crippen LogP contribution < -0.4 is 15.6 Å². The van der Waals surface area contributed by atoms with Crippen molar-refractivity contribution in [2.24, 2.45) is 0 Å². The lowest BCUT2D eigenvalue weighted by molar-refractivity contribution is -1.07. The highest BCUT2D eigenvalue weighted by Crippen LogP contribution is 2.26. The molecule has 2 rings (SSSR count). The molecule has 0 aromatic rings. The molecule has 0 fully saturated rings. The van der Waals surface area contributed by atoms with Crippen LogP contribution in [0, 0.1) is 17.3 Å². The molecule has 0 radical (unpaired) electrons. The van der Waals surface area contributed by atoms with E-state index in [0.29, 0.717) is 18.7 Å². The summed E-state index contributed by atoms with van der Waals surface area (Å²) in [5, 5.41) is 35.5. The summed E-state index contributed by atoms with van der Waals surface area (Å²) in [7, 11) is 3.42. The average molecular weight is 306 g/mol. The highest BCUT2D eigenvalue weighted by molar-refractivity contribution is 5.78. The molecule has 1 aliphatic heterocycles. The first-order chi connectivity index (χ1) is 10.3. The molecule has 0 amide bonds. The van der Waals surface area contributed by atoms with Crippen molar-refractivity contribution in [1.82, 2.24) is 9.89 Å². The van der Waals surface area contributed by atoms with Gasteiger partial charge in [0.25, 0.3) is 0 Å². The number of hydrogen-bond donors (Lipinski definition) is 3. The van der Waals surface area contributed by atoms with Crippen molar-refractivity contribution in [1.29, 1.82) is 0 Å². The molecule has 2 aliphatic rings. The van der Waals surface area contributed by atoms with Crippen LogP contribution in [0.3, 0.4) is 0 Å². The summed E-state index contributed by atoms with van der Waals surface area (Å²) >= 11 is 0. The van der Waals surface area contributed by atoms with E-state index in [1.165, 1.54) is 6.07 Å². The number of aromatic nitrogens is 1. The molecule has 7 heteroatoms. The fourth-order valence-electron chi connectivity index (χ4n) is 2.43. The number of hydrogen-bond acceptors (Lipinski definition) is 4. The lowest BCUT2D eigenvalue weighted by Crippen LogP contribution is -2.37. The molecule has 0 bridgehead atoms. The third-order valence-electron chi connectivity index (χ3n) is 3.53. The van der Waals surface area contributed by atoms with Crippen molar-refractivity contribution in [2.75, 3.05) is 32.5 Å². The van der Waals surface area contributed by atoms with Gasteiger partial charge in [-0.05, 0) is 18.6 Å². The molecule has 120 valence electrons. The first kappa shape index (κ1) is 16.1. The van der Waals surface area contributed by atoms with Crippen LogP contribution in [0.2, 0.25) is 0 Å². The molecule has 0 spiro atoms. The van der Waals surface area contributed by atoms with Crippen molar-refractivity contribution in [3.05, 3.63) is 45.7 Å². The topological polar surface area (TPSA) is 97.2 Å². The van der Waals surface area contributed by atoms with E-state index in [4.69, 9.17) is 0 Å². The Hall–Kier alpha value is -2.25. The second kappa shape index (κ2) is 6.25. The van der Waals surface area contributed by atoms with E-state index in [-0.39, 0.29) is 14.9 Å². The zero-order valence-corrected chi connectivity index (χ0v) is 13.1. The summed E-state index contributed by atoms with van der Waals surface area (Å²) in [6.07, 6.45) is 2.52. The summed E-state index contributed by atoms with van der Waals surface area (Å²) in [4.78, 5) is 2.72. The molecule has 0 saturated carbocycles. The molecule has 1 heterocycles. The highest BCUT2D eigenvalue weighted by atomic mass is 16.8. The van der Waals surface area contributed by atoms with E-state index in [1.807, 2.05) is 6.92 Å². The van der Waals surface area contributed by atoms with Crippen LogP contribution in [0.15, 0.2) is 24.4 Å². The minimum absolute atomic E-state index is 0.0817. The number of nitrogens with zero attached hydrogens (tertiary/aromatic N) is 2. The summed E-state index contributed by atoms with van der Waals surface area (Å²) in [6.45, 7) is 3.15. The highest BCUT2D eigenvalue weighted by Gasteiger charge is 2.16. The second-order valence-electron chi connectivity index (χ2n) is 5.93. The Balaban J connectivity index is 2.31. The Morgan fingerprint density at radius 3 is 2.64 bits per heavy atom. The third kappa shape index (κ3) is 3.69. The first-order valence-corrected chi connectivity index (χ1v) is 7.17. The number of rotatable bonds is 5. The van der Waals surface area contributed by atoms with Gasteiger partial charge in [-0.3, -0.25) is 0 Å². The van der Waals surface area contributed by atoms with E-state index >= 15 is 0 Å². The number of quaternary nitrogens is 1. The monoisotopic (exact) mass is 306 g/mol. The van der Waals surface area contributed by atoms with Gasteiger partial charge in [0.2, 0.25) is 5.36 Å². The maximum absolute atomic E-state index is 11.3. The Morgan fingerprint density at radius 1 is 1.27 bits per heavy atom. The van der Waals surface area contributed by atoms with Gasteiger partial charge in [0.15, 0.2) is 0 Å². The number of benzene rings is 1. The number of H-pyrrole nitrogens is 1. The average Bonchev–Trinajstić information content (AvgIpc) is 2.43. The van der Waals surface area contributed by atoms with E-state index in [0.717, 1.165) is 23.4 Å². The zero-order valence-electron chi connectivity index (χ0n) is 13.1. The van der Waals surface area contributed by atoms with Crippen molar-refractivity contribution < 1.29 is 9.85 Å². The van der Waals surface area contributed by atoms with Gasteiger partial charge < -0.3 is 20.7 Å². The lowest BCUT2D eigenvalue weighted by Gasteiger charge is -2.20. The SMILES string of the molecule is Cc1ccc(=[N+]([O-])[O-])c2c(NCCC[N+](C)(C)O)cc[nH]c1-2. The summed E-state index contributed by atoms with van der Waals surface area (Å²) in [5.41, 5.74) is 3.03. The summed E-state index contributed by atoms with van der Waals surface area (Å²) in [5.74, 6) is 0. The maximum Gasteiger partial charge on any atom is 0.234 e. The molecular weight excluding hydrogens is 284 g/mol. The number of pyridine rings is 1. The molecule has 0 atom stereocenters. The standard InChI is InChI=1S/C15H22N4O3/c1-11-5-6-13(18(20)21)14-12(7-9-17-15(11)14)16-8-4-10-19(2,3)22/h5-7,9,16-17,22H,4,8,10H2,1-3H3. The molecule has 7 nitrogen and oxygen atoms in total. The predicted octanol–water partition coefficient (Wildman–Crippen LogP) is 1.46. The third-order valence-corrected chi connectivity index (χ3v) is 3.53. The second-order valence-corrected chi connectivity index (χ2v) is 5.93. The molecule has 0 aromatic carbocycles. The number of fused-ring (bicyclic) bond motifs is 1. The van der Waals surface area contributed by atoms with Crippen LogP contribution in [0.1, 0.15) is 12.0 Å². The zero-order chi connectivity index (χ0) is 16.3. The van der Waals surface area contributed by atoms with Crippen molar-refractivity contribution in [3.8, 4) is 11.3 Å². The number of aromatic amines is 1. The fraction of sp³-hybridized carbons (Fsp3) is 0.400. The molecular formula is C15H22N4O3. The van der Waals surface area contributed by atoms with Gasteiger partial charge in [-0.15, -0.1) is 0 Å². The van der Waals surface area contributed by atoms with Gasteiger partial charge in [-0.1, -0.05) is 6.07 Å². The normalized spacial score (nSPS) is 11.6. The molecule has 22 heavy (non-hydrogen) atoms. The number of nitrogens with one attached hydrogen (secondary N) is 2. The van der Waals surface area contributed by atoms with Crippen LogP contribution in [-0.2, 0) is 0 Å². The molecule has 0 saturated heterocycles. The van der Waals surface area contributed by atoms with Gasteiger partial charge >= 0.3 is 0 Å². The minimum atomic E-state index is -0.367. The Kier molecular flexibility index (Phi) is 4.58. The molecule has 1 aliphatic carbocycles. The maximum atomic E-state index is 11.3. The Morgan fingerprint density at radius 2 is 2.00 bits per heavy atom.